The molecule has 0 bridgehead atoms. The lowest BCUT2D eigenvalue weighted by Gasteiger charge is -2.16. The van der Waals surface area contributed by atoms with E-state index >= 15 is 0 Å². The summed E-state index contributed by atoms with van der Waals surface area (Å²) in [5.41, 5.74) is -1.10. The molecule has 1 aromatic rings. The molecule has 19 heavy (non-hydrogen) atoms. The molecule has 0 radical (unpaired) electrons. The Balaban J connectivity index is 3.23. The van der Waals surface area contributed by atoms with E-state index in [4.69, 9.17) is 4.74 Å². The first kappa shape index (κ1) is 15.7. The molecular formula is C10H12F3NO4S. The third-order valence-electron chi connectivity index (χ3n) is 2.16. The highest BCUT2D eigenvalue weighted by molar-refractivity contribution is 7.86. The van der Waals surface area contributed by atoms with Crippen molar-refractivity contribution in [3.63, 3.8) is 0 Å². The van der Waals surface area contributed by atoms with Crippen molar-refractivity contribution in [1.82, 2.24) is 4.98 Å². The Morgan fingerprint density at radius 3 is 2.37 bits per heavy atom. The Labute approximate surface area is 108 Å². The first-order valence-electron chi connectivity index (χ1n) is 5.04. The van der Waals surface area contributed by atoms with Crippen LogP contribution < -0.4 is 4.74 Å². The number of nitrogens with zero attached hydrogens (tertiary/aromatic N) is 1. The quantitative estimate of drug-likeness (QED) is 0.797. The zero-order chi connectivity index (χ0) is 14.8. The van der Waals surface area contributed by atoms with E-state index in [-0.39, 0.29) is 11.4 Å². The van der Waals surface area contributed by atoms with E-state index in [0.29, 0.717) is 6.20 Å². The van der Waals surface area contributed by atoms with Gasteiger partial charge in [0.15, 0.2) is 0 Å². The summed E-state index contributed by atoms with van der Waals surface area (Å²) >= 11 is 0. The molecule has 1 aromatic heterocycles. The molecule has 1 unspecified atom stereocenters. The van der Waals surface area contributed by atoms with Crippen LogP contribution in [0.15, 0.2) is 12.3 Å². The lowest BCUT2D eigenvalue weighted by molar-refractivity contribution is -0.137. The highest BCUT2D eigenvalue weighted by Gasteiger charge is 2.33. The minimum Gasteiger partial charge on any atom is -0.481 e. The first-order chi connectivity index (χ1) is 8.54. The van der Waals surface area contributed by atoms with Crippen molar-refractivity contribution in [3.05, 3.63) is 23.4 Å². The minimum atomic E-state index is -4.58. The summed E-state index contributed by atoms with van der Waals surface area (Å²) < 4.78 is 69.1. The van der Waals surface area contributed by atoms with Crippen molar-refractivity contribution in [2.45, 2.75) is 19.2 Å². The van der Waals surface area contributed by atoms with Gasteiger partial charge in [-0.3, -0.25) is 4.18 Å². The third kappa shape index (κ3) is 4.35. The predicted molar refractivity (Wildman–Crippen MR) is 60.1 cm³/mol. The topological polar surface area (TPSA) is 65.5 Å². The van der Waals surface area contributed by atoms with Crippen molar-refractivity contribution in [2.24, 2.45) is 0 Å². The highest BCUT2D eigenvalue weighted by atomic mass is 32.2. The fourth-order valence-electron chi connectivity index (χ4n) is 1.40. The number of aromatic nitrogens is 1. The van der Waals surface area contributed by atoms with Crippen LogP contribution in [0.3, 0.4) is 0 Å². The van der Waals surface area contributed by atoms with E-state index in [2.05, 4.69) is 9.17 Å². The molecule has 1 atom stereocenters. The monoisotopic (exact) mass is 299 g/mol. The molecule has 9 heteroatoms. The standard InChI is InChI=1S/C10H12F3NO4S/c1-6(18-19(3,15)16)8-4-7(10(11,12)13)5-14-9(8)17-2/h4-6H,1-3H3. The Bertz CT molecular complexity index is 556. The molecule has 0 N–H and O–H groups in total. The molecule has 0 aliphatic carbocycles. The lowest BCUT2D eigenvalue weighted by Crippen LogP contribution is -2.12. The summed E-state index contributed by atoms with van der Waals surface area (Å²) in [6.07, 6.45) is -4.31. The van der Waals surface area contributed by atoms with Crippen molar-refractivity contribution >= 4 is 10.1 Å². The van der Waals surface area contributed by atoms with E-state index in [0.717, 1.165) is 12.3 Å². The van der Waals surface area contributed by atoms with Gasteiger partial charge < -0.3 is 4.74 Å². The molecule has 0 saturated carbocycles. The van der Waals surface area contributed by atoms with Crippen LogP contribution in [0, 0.1) is 0 Å². The van der Waals surface area contributed by atoms with E-state index in [9.17, 15) is 21.6 Å². The molecule has 0 aromatic carbocycles. The van der Waals surface area contributed by atoms with Crippen LogP contribution in [0.5, 0.6) is 5.88 Å². The fraction of sp³-hybridized carbons (Fsp3) is 0.500. The average molecular weight is 299 g/mol. The van der Waals surface area contributed by atoms with Gasteiger partial charge in [0.1, 0.15) is 6.10 Å². The molecule has 0 aliphatic rings. The second kappa shape index (κ2) is 5.33. The first-order valence-corrected chi connectivity index (χ1v) is 6.85. The minimum absolute atomic E-state index is 0.0947. The molecular weight excluding hydrogens is 287 g/mol. The maximum absolute atomic E-state index is 12.6. The second-order valence-corrected chi connectivity index (χ2v) is 5.36. The van der Waals surface area contributed by atoms with Gasteiger partial charge in [-0.05, 0) is 13.0 Å². The Kier molecular flexibility index (Phi) is 4.41. The molecule has 1 heterocycles. The van der Waals surface area contributed by atoms with Gasteiger partial charge in [0.05, 0.1) is 18.9 Å². The number of hydrogen-bond donors (Lipinski definition) is 0. The largest absolute Gasteiger partial charge is 0.481 e. The molecule has 1 rings (SSSR count). The summed E-state index contributed by atoms with van der Waals surface area (Å²) in [5.74, 6) is -0.121. The van der Waals surface area contributed by atoms with Gasteiger partial charge in [0, 0.05) is 11.8 Å². The van der Waals surface area contributed by atoms with Crippen LogP contribution in [0.1, 0.15) is 24.2 Å². The maximum atomic E-state index is 12.6. The summed E-state index contributed by atoms with van der Waals surface area (Å²) in [4.78, 5) is 3.50. The van der Waals surface area contributed by atoms with Crippen molar-refractivity contribution < 1.29 is 30.5 Å². The molecule has 108 valence electrons. The van der Waals surface area contributed by atoms with Crippen LogP contribution in [0.4, 0.5) is 13.2 Å². The number of halogens is 3. The van der Waals surface area contributed by atoms with Crippen molar-refractivity contribution in [2.75, 3.05) is 13.4 Å². The van der Waals surface area contributed by atoms with E-state index in [1.807, 2.05) is 0 Å². The molecule has 5 nitrogen and oxygen atoms in total. The molecule has 0 fully saturated rings. The number of alkyl halides is 3. The maximum Gasteiger partial charge on any atom is 0.417 e. The van der Waals surface area contributed by atoms with Crippen LogP contribution in [0.25, 0.3) is 0 Å². The van der Waals surface area contributed by atoms with Gasteiger partial charge in [-0.1, -0.05) is 0 Å². The van der Waals surface area contributed by atoms with E-state index in [1.165, 1.54) is 14.0 Å². The van der Waals surface area contributed by atoms with Crippen molar-refractivity contribution in [3.8, 4) is 5.88 Å². The van der Waals surface area contributed by atoms with Gasteiger partial charge in [-0.15, -0.1) is 0 Å². The Hall–Kier alpha value is -1.35. The van der Waals surface area contributed by atoms with Crippen LogP contribution >= 0.6 is 0 Å². The third-order valence-corrected chi connectivity index (χ3v) is 2.79. The predicted octanol–water partition coefficient (Wildman–Crippen LogP) is 2.15. The molecule has 0 amide bonds. The SMILES string of the molecule is COc1ncc(C(F)(F)F)cc1C(C)OS(C)(=O)=O. The second-order valence-electron chi connectivity index (χ2n) is 3.76. The molecule has 0 saturated heterocycles. The average Bonchev–Trinajstić information content (AvgIpc) is 2.24. The normalized spacial score (nSPS) is 14.2. The van der Waals surface area contributed by atoms with E-state index in [1.54, 1.807) is 0 Å². The van der Waals surface area contributed by atoms with Crippen molar-refractivity contribution in [1.29, 1.82) is 0 Å². The van der Waals surface area contributed by atoms with Gasteiger partial charge in [0.2, 0.25) is 5.88 Å². The Morgan fingerprint density at radius 1 is 1.37 bits per heavy atom. The van der Waals surface area contributed by atoms with Crippen LogP contribution in [0.2, 0.25) is 0 Å². The van der Waals surface area contributed by atoms with Gasteiger partial charge in [-0.2, -0.15) is 21.6 Å². The number of hydrogen-bond acceptors (Lipinski definition) is 5. The lowest BCUT2D eigenvalue weighted by atomic mass is 10.1. The van der Waals surface area contributed by atoms with Crippen LogP contribution in [-0.2, 0) is 20.5 Å². The summed E-state index contributed by atoms with van der Waals surface area (Å²) in [7, 11) is -2.59. The molecule has 0 aliphatic heterocycles. The highest BCUT2D eigenvalue weighted by Crippen LogP contribution is 2.34. The number of methoxy groups -OCH3 is 1. The van der Waals surface area contributed by atoms with Crippen LogP contribution in [-0.4, -0.2) is 26.8 Å². The van der Waals surface area contributed by atoms with Gasteiger partial charge in [0.25, 0.3) is 10.1 Å². The fourth-order valence-corrected chi connectivity index (χ4v) is 2.03. The summed E-state index contributed by atoms with van der Waals surface area (Å²) in [6, 6.07) is 0.752. The molecule has 0 spiro atoms. The number of pyridine rings is 1. The van der Waals surface area contributed by atoms with Gasteiger partial charge in [-0.25, -0.2) is 4.98 Å². The zero-order valence-electron chi connectivity index (χ0n) is 10.4. The Morgan fingerprint density at radius 2 is 1.95 bits per heavy atom. The zero-order valence-corrected chi connectivity index (χ0v) is 11.2. The number of rotatable bonds is 4. The van der Waals surface area contributed by atoms with E-state index < -0.39 is 28.0 Å². The summed E-state index contributed by atoms with van der Waals surface area (Å²) in [5, 5.41) is 0. The van der Waals surface area contributed by atoms with Gasteiger partial charge >= 0.3 is 6.18 Å². The summed E-state index contributed by atoms with van der Waals surface area (Å²) in [6.45, 7) is 1.29. The number of ether oxygens (including phenoxy) is 1. The smallest absolute Gasteiger partial charge is 0.417 e.